The molecule has 1 heterocycles. The van der Waals surface area contributed by atoms with Crippen molar-refractivity contribution in [2.75, 3.05) is 6.61 Å². The van der Waals surface area contributed by atoms with Crippen LogP contribution in [0.15, 0.2) is 28.5 Å². The van der Waals surface area contributed by atoms with Gasteiger partial charge in [-0.15, -0.1) is 0 Å². The first-order chi connectivity index (χ1) is 13.1. The van der Waals surface area contributed by atoms with E-state index in [1.807, 2.05) is 0 Å². The molecule has 0 amide bonds. The molecule has 1 spiro atoms. The molecule has 0 aromatic carbocycles. The molecule has 0 aromatic rings. The summed E-state index contributed by atoms with van der Waals surface area (Å²) in [5, 5.41) is 3.42. The fourth-order valence-electron chi connectivity index (χ4n) is 8.94. The van der Waals surface area contributed by atoms with E-state index in [0.29, 0.717) is 5.41 Å². The van der Waals surface area contributed by atoms with Gasteiger partial charge in [0.25, 0.3) is 0 Å². The van der Waals surface area contributed by atoms with Crippen molar-refractivity contribution in [1.29, 1.82) is 0 Å². The summed E-state index contributed by atoms with van der Waals surface area (Å²) < 4.78 is 6.54. The van der Waals surface area contributed by atoms with Gasteiger partial charge in [-0.05, 0) is 80.5 Å². The van der Waals surface area contributed by atoms with Crippen LogP contribution in [0.25, 0.3) is 0 Å². The number of hydrogen-bond acceptors (Lipinski definition) is 3. The maximum atomic E-state index is 11.2. The summed E-state index contributed by atoms with van der Waals surface area (Å²) in [5.41, 5.74) is 3.80. The lowest BCUT2D eigenvalue weighted by Gasteiger charge is -2.58. The first-order valence-corrected chi connectivity index (χ1v) is 11.5. The average molecular weight is 368 g/mol. The summed E-state index contributed by atoms with van der Waals surface area (Å²) in [7, 11) is 0. The summed E-state index contributed by atoms with van der Waals surface area (Å²) in [6.07, 6.45) is 14.4. The number of nitrogens with zero attached hydrogens (tertiary/aromatic N) is 1. The Balaban J connectivity index is 1.41. The molecule has 7 unspecified atom stereocenters. The number of rotatable bonds is 2. The highest BCUT2D eigenvalue weighted by Gasteiger charge is 2.76. The molecule has 3 heteroatoms. The molecule has 27 heavy (non-hydrogen) atoms. The smallest absolute Gasteiger partial charge is 0.0959 e. The van der Waals surface area contributed by atoms with Crippen LogP contribution in [0.1, 0.15) is 65.2 Å². The van der Waals surface area contributed by atoms with Crippen LogP contribution in [0, 0.1) is 45.8 Å². The number of nitroso groups, excluding NO2 is 1. The van der Waals surface area contributed by atoms with Crippen LogP contribution in [0.3, 0.4) is 0 Å². The van der Waals surface area contributed by atoms with Gasteiger partial charge in [-0.3, -0.25) is 0 Å². The lowest BCUT2D eigenvalue weighted by atomic mass is 9.48. The molecule has 3 nitrogen and oxygen atoms in total. The molecule has 6 rings (SSSR count). The molecule has 0 aromatic heterocycles. The van der Waals surface area contributed by atoms with Gasteiger partial charge in [-0.2, -0.15) is 4.91 Å². The molecule has 6 aliphatic rings. The fourth-order valence-corrected chi connectivity index (χ4v) is 8.94. The van der Waals surface area contributed by atoms with Crippen molar-refractivity contribution in [1.82, 2.24) is 0 Å². The molecule has 0 radical (unpaired) electrons. The van der Waals surface area contributed by atoms with Gasteiger partial charge in [0.2, 0.25) is 0 Å². The normalized spacial score (nSPS) is 55.1. The Hall–Kier alpha value is -0.960. The highest BCUT2D eigenvalue weighted by Crippen LogP contribution is 2.78. The van der Waals surface area contributed by atoms with Crippen LogP contribution in [-0.4, -0.2) is 18.2 Å². The van der Waals surface area contributed by atoms with Crippen molar-refractivity contribution in [2.45, 2.75) is 76.9 Å². The zero-order valence-corrected chi connectivity index (χ0v) is 16.8. The summed E-state index contributed by atoms with van der Waals surface area (Å²) in [6.45, 7) is 5.81. The Kier molecular flexibility index (Phi) is 3.49. The van der Waals surface area contributed by atoms with Gasteiger partial charge < -0.3 is 4.74 Å². The lowest BCUT2D eigenvalue weighted by molar-refractivity contribution is -0.129. The first kappa shape index (κ1) is 16.9. The quantitative estimate of drug-likeness (QED) is 0.467. The third-order valence-corrected chi connectivity index (χ3v) is 9.98. The van der Waals surface area contributed by atoms with Crippen molar-refractivity contribution in [2.24, 2.45) is 46.1 Å². The molecule has 1 aliphatic heterocycles. The lowest BCUT2D eigenvalue weighted by Crippen LogP contribution is -2.55. The summed E-state index contributed by atoms with van der Waals surface area (Å²) in [6, 6.07) is 0.0475. The van der Waals surface area contributed by atoms with E-state index < -0.39 is 0 Å². The molecule has 0 saturated heterocycles. The Bertz CT molecular complexity index is 741. The molecular weight excluding hydrogens is 334 g/mol. The van der Waals surface area contributed by atoms with E-state index in [4.69, 9.17) is 4.74 Å². The predicted octanol–water partition coefficient (Wildman–Crippen LogP) is 5.66. The van der Waals surface area contributed by atoms with Gasteiger partial charge in [0.1, 0.15) is 0 Å². The molecule has 0 N–H and O–H groups in total. The van der Waals surface area contributed by atoms with Crippen molar-refractivity contribution in [3.8, 4) is 0 Å². The van der Waals surface area contributed by atoms with Gasteiger partial charge in [-0.1, -0.05) is 48.7 Å². The van der Waals surface area contributed by atoms with Crippen molar-refractivity contribution >= 4 is 0 Å². The van der Waals surface area contributed by atoms with E-state index >= 15 is 0 Å². The largest absolute Gasteiger partial charge is 0.366 e. The summed E-state index contributed by atoms with van der Waals surface area (Å²) >= 11 is 0. The maximum absolute atomic E-state index is 11.2. The van der Waals surface area contributed by atoms with Crippen LogP contribution in [0.4, 0.5) is 0 Å². The van der Waals surface area contributed by atoms with Crippen LogP contribution in [0.2, 0.25) is 0 Å². The Morgan fingerprint density at radius 1 is 1.30 bits per heavy atom. The van der Waals surface area contributed by atoms with Gasteiger partial charge >= 0.3 is 0 Å². The molecular formula is C24H33NO2. The third kappa shape index (κ3) is 1.97. The number of allylic oxidation sites excluding steroid dienone is 1. The van der Waals surface area contributed by atoms with Gasteiger partial charge in [-0.25, -0.2) is 0 Å². The molecule has 9 atom stereocenters. The minimum absolute atomic E-state index is 0.0475. The van der Waals surface area contributed by atoms with E-state index in [-0.39, 0.29) is 11.6 Å². The monoisotopic (exact) mass is 367 g/mol. The van der Waals surface area contributed by atoms with E-state index in [0.717, 1.165) is 61.4 Å². The van der Waals surface area contributed by atoms with Crippen LogP contribution < -0.4 is 0 Å². The van der Waals surface area contributed by atoms with Crippen LogP contribution >= 0.6 is 0 Å². The van der Waals surface area contributed by atoms with E-state index in [1.165, 1.54) is 32.1 Å². The van der Waals surface area contributed by atoms with Gasteiger partial charge in [0, 0.05) is 5.41 Å². The zero-order valence-electron chi connectivity index (χ0n) is 16.8. The Morgan fingerprint density at radius 3 is 2.93 bits per heavy atom. The van der Waals surface area contributed by atoms with Gasteiger partial charge in [0.05, 0.1) is 18.2 Å². The second kappa shape index (κ2) is 5.55. The van der Waals surface area contributed by atoms with E-state index in [1.54, 1.807) is 11.1 Å². The van der Waals surface area contributed by atoms with Crippen molar-refractivity contribution in [3.05, 3.63) is 28.2 Å². The Labute approximate surface area is 163 Å². The van der Waals surface area contributed by atoms with Crippen molar-refractivity contribution < 1.29 is 4.74 Å². The highest BCUT2D eigenvalue weighted by molar-refractivity contribution is 5.36. The second-order valence-electron chi connectivity index (χ2n) is 10.7. The van der Waals surface area contributed by atoms with Crippen LogP contribution in [0.5, 0.6) is 0 Å². The summed E-state index contributed by atoms with van der Waals surface area (Å²) in [4.78, 5) is 11.2. The zero-order chi connectivity index (χ0) is 18.4. The topological polar surface area (TPSA) is 38.7 Å². The highest BCUT2D eigenvalue weighted by atomic mass is 16.5. The van der Waals surface area contributed by atoms with Crippen molar-refractivity contribution in [3.63, 3.8) is 0 Å². The maximum Gasteiger partial charge on any atom is 0.0959 e. The fraction of sp³-hybridized carbons (Fsp3) is 0.833. The van der Waals surface area contributed by atoms with E-state index in [9.17, 15) is 4.91 Å². The standard InChI is InChI=1S/C24H33NO2/c1-3-14-11-15-12-16(25-26)5-6-17(15)18-7-9-23(2)22(21(14)18)19-13-20(19)24(23)8-4-10-27-24/h4,8,14,16,18-22H,3,5-7,9-13H2,1-2H3/t14?,16?,18?,19?,20?,21?,22?,23-,24-/m0/s1. The predicted molar refractivity (Wildman–Crippen MR) is 106 cm³/mol. The molecule has 146 valence electrons. The molecule has 0 bridgehead atoms. The second-order valence-corrected chi connectivity index (χ2v) is 10.7. The number of ether oxygens (including phenoxy) is 1. The molecule has 3 saturated carbocycles. The third-order valence-electron chi connectivity index (χ3n) is 9.98. The van der Waals surface area contributed by atoms with Crippen LogP contribution in [-0.2, 0) is 4.74 Å². The SMILES string of the molecule is CCC1CC2=C(CCC(N=O)C2)C2CC[C@@]3(C)C(C4CC4[C@@]34C=CCO4)C12. The average Bonchev–Trinajstić information content (AvgIpc) is 3.26. The molecule has 5 aliphatic carbocycles. The first-order valence-electron chi connectivity index (χ1n) is 11.5. The van der Waals surface area contributed by atoms with Gasteiger partial charge in [0.15, 0.2) is 0 Å². The van der Waals surface area contributed by atoms with E-state index in [2.05, 4.69) is 31.2 Å². The Morgan fingerprint density at radius 2 is 2.19 bits per heavy atom. The minimum atomic E-state index is 0.0475. The number of hydrogen-bond donors (Lipinski definition) is 0. The number of fused-ring (bicyclic) bond motifs is 8. The minimum Gasteiger partial charge on any atom is -0.366 e. The molecule has 3 fully saturated rings. The summed E-state index contributed by atoms with van der Waals surface area (Å²) in [5.74, 6) is 4.95.